The lowest BCUT2D eigenvalue weighted by Crippen LogP contribution is -2.23. The number of hydrogen-bond acceptors (Lipinski definition) is 1. The lowest BCUT2D eigenvalue weighted by molar-refractivity contribution is 0.491. The van der Waals surface area contributed by atoms with Gasteiger partial charge in [0.2, 0.25) is 0 Å². The second kappa shape index (κ2) is 13.4. The Morgan fingerprint density at radius 3 is 1.70 bits per heavy atom. The van der Waals surface area contributed by atoms with Crippen LogP contribution in [0.4, 0.5) is 17.1 Å². The molecule has 53 heavy (non-hydrogen) atoms. The highest BCUT2D eigenvalue weighted by molar-refractivity contribution is 6.10. The maximum atomic E-state index is 2.54. The number of benzene rings is 8. The quantitative estimate of drug-likeness (QED) is 0.154. The van der Waals surface area contributed by atoms with E-state index in [9.17, 15) is 0 Å². The summed E-state index contributed by atoms with van der Waals surface area (Å²) in [4.78, 5) is 2.54. The summed E-state index contributed by atoms with van der Waals surface area (Å²) in [6.45, 7) is 6.98. The SMILES string of the molecule is CCC1(CC)c2cc(-c3ccccc3)ccc2-c2c1cc1ccccc1c2N(c1ccc(-c2ccccc2-c2ccccc2)cc1)c1ccccc1C. The molecule has 8 aromatic carbocycles. The minimum atomic E-state index is -0.101. The van der Waals surface area contributed by atoms with Crippen LogP contribution in [0.25, 0.3) is 55.3 Å². The van der Waals surface area contributed by atoms with Crippen LogP contribution in [-0.2, 0) is 5.41 Å². The molecule has 1 aliphatic rings. The fraction of sp³-hybridized carbons (Fsp3) is 0.115. The summed E-state index contributed by atoms with van der Waals surface area (Å²) < 4.78 is 0. The maximum Gasteiger partial charge on any atom is 0.0621 e. The van der Waals surface area contributed by atoms with Gasteiger partial charge in [-0.05, 0) is 111 Å². The third-order valence-corrected chi connectivity index (χ3v) is 11.7. The van der Waals surface area contributed by atoms with Crippen molar-refractivity contribution in [2.24, 2.45) is 0 Å². The van der Waals surface area contributed by atoms with Crippen LogP contribution in [0.2, 0.25) is 0 Å². The molecule has 8 aromatic rings. The van der Waals surface area contributed by atoms with Crippen LogP contribution in [0.1, 0.15) is 43.4 Å². The first-order chi connectivity index (χ1) is 26.1. The van der Waals surface area contributed by atoms with E-state index >= 15 is 0 Å². The Morgan fingerprint density at radius 2 is 1.02 bits per heavy atom. The number of nitrogens with zero attached hydrogens (tertiary/aromatic N) is 1. The van der Waals surface area contributed by atoms with Gasteiger partial charge in [0.05, 0.1) is 5.69 Å². The maximum absolute atomic E-state index is 2.54. The van der Waals surface area contributed by atoms with E-state index in [1.165, 1.54) is 83.3 Å². The number of aryl methyl sites for hydroxylation is 1. The average molecular weight is 682 g/mol. The van der Waals surface area contributed by atoms with E-state index in [2.05, 4.69) is 208 Å². The number of anilines is 3. The van der Waals surface area contributed by atoms with Crippen LogP contribution >= 0.6 is 0 Å². The van der Waals surface area contributed by atoms with Gasteiger partial charge in [-0.3, -0.25) is 0 Å². The van der Waals surface area contributed by atoms with Crippen molar-refractivity contribution in [3.63, 3.8) is 0 Å². The van der Waals surface area contributed by atoms with Gasteiger partial charge in [-0.1, -0.05) is 166 Å². The van der Waals surface area contributed by atoms with Gasteiger partial charge < -0.3 is 4.90 Å². The largest absolute Gasteiger partial charge is 0.309 e. The molecular weight excluding hydrogens is 639 g/mol. The summed E-state index contributed by atoms with van der Waals surface area (Å²) in [6, 6.07) is 67.1. The number of rotatable bonds is 8. The van der Waals surface area contributed by atoms with Gasteiger partial charge in [0.1, 0.15) is 0 Å². The Morgan fingerprint density at radius 1 is 0.453 bits per heavy atom. The summed E-state index contributed by atoms with van der Waals surface area (Å²) in [5.74, 6) is 0. The molecule has 9 rings (SSSR count). The lowest BCUT2D eigenvalue weighted by Gasteiger charge is -2.33. The Kier molecular flexibility index (Phi) is 8.28. The van der Waals surface area contributed by atoms with E-state index in [1.54, 1.807) is 0 Å². The summed E-state index contributed by atoms with van der Waals surface area (Å²) in [6.07, 6.45) is 2.05. The van der Waals surface area contributed by atoms with Crippen LogP contribution in [0.3, 0.4) is 0 Å². The first kappa shape index (κ1) is 32.7. The van der Waals surface area contributed by atoms with Crippen molar-refractivity contribution in [3.8, 4) is 44.5 Å². The highest BCUT2D eigenvalue weighted by Gasteiger charge is 2.43. The normalized spacial score (nSPS) is 12.7. The lowest BCUT2D eigenvalue weighted by atomic mass is 9.73. The van der Waals surface area contributed by atoms with Crippen LogP contribution in [0, 0.1) is 6.92 Å². The molecule has 0 saturated heterocycles. The second-order valence-electron chi connectivity index (χ2n) is 14.4. The van der Waals surface area contributed by atoms with E-state index in [-0.39, 0.29) is 5.41 Å². The van der Waals surface area contributed by atoms with Crippen molar-refractivity contribution in [1.29, 1.82) is 0 Å². The number of hydrogen-bond donors (Lipinski definition) is 0. The predicted octanol–water partition coefficient (Wildman–Crippen LogP) is 14.7. The third kappa shape index (κ3) is 5.39. The molecule has 256 valence electrons. The molecule has 0 heterocycles. The van der Waals surface area contributed by atoms with Gasteiger partial charge in [-0.25, -0.2) is 0 Å². The summed E-state index contributed by atoms with van der Waals surface area (Å²) in [5.41, 5.74) is 17.7. The molecule has 0 unspecified atom stereocenters. The van der Waals surface area contributed by atoms with Gasteiger partial charge in [-0.15, -0.1) is 0 Å². The molecule has 0 bridgehead atoms. The zero-order valence-corrected chi connectivity index (χ0v) is 30.7. The Labute approximate surface area is 313 Å². The molecule has 0 amide bonds. The Balaban J connectivity index is 1.30. The fourth-order valence-corrected chi connectivity index (χ4v) is 8.93. The molecule has 1 heteroatoms. The topological polar surface area (TPSA) is 3.24 Å². The van der Waals surface area contributed by atoms with Gasteiger partial charge >= 0.3 is 0 Å². The smallest absolute Gasteiger partial charge is 0.0621 e. The molecule has 0 saturated carbocycles. The third-order valence-electron chi connectivity index (χ3n) is 11.7. The second-order valence-corrected chi connectivity index (χ2v) is 14.4. The molecule has 0 spiro atoms. The van der Waals surface area contributed by atoms with Crippen LogP contribution in [0.5, 0.6) is 0 Å². The average Bonchev–Trinajstić information content (AvgIpc) is 3.50. The zero-order chi connectivity index (χ0) is 35.9. The minimum Gasteiger partial charge on any atom is -0.309 e. The highest BCUT2D eigenvalue weighted by atomic mass is 15.1. The van der Waals surface area contributed by atoms with Crippen LogP contribution < -0.4 is 4.90 Å². The van der Waals surface area contributed by atoms with Crippen molar-refractivity contribution in [1.82, 2.24) is 0 Å². The Bertz CT molecular complexity index is 2580. The summed E-state index contributed by atoms with van der Waals surface area (Å²) in [7, 11) is 0. The first-order valence-corrected chi connectivity index (χ1v) is 19.0. The standard InChI is InChI=1S/C52H43N/c1-4-52(5-2)47-34-40(37-19-8-6-9-20-37)30-33-46(47)50-48(52)35-41-23-13-14-26-45(41)51(50)53(49-27-17-12-18-36(49)3)42-31-28-39(29-32-42)44-25-16-15-24-43(44)38-21-10-7-11-22-38/h6-35H,4-5H2,1-3H3. The fourth-order valence-electron chi connectivity index (χ4n) is 8.93. The number of fused-ring (bicyclic) bond motifs is 4. The zero-order valence-electron chi connectivity index (χ0n) is 30.7. The van der Waals surface area contributed by atoms with Crippen LogP contribution in [-0.4, -0.2) is 0 Å². The van der Waals surface area contributed by atoms with E-state index in [1.807, 2.05) is 0 Å². The molecule has 1 aliphatic carbocycles. The molecule has 0 atom stereocenters. The van der Waals surface area contributed by atoms with Crippen LogP contribution in [0.15, 0.2) is 182 Å². The first-order valence-electron chi connectivity index (χ1n) is 19.0. The van der Waals surface area contributed by atoms with Gasteiger partial charge in [0.15, 0.2) is 0 Å². The van der Waals surface area contributed by atoms with E-state index in [0.717, 1.165) is 18.5 Å². The van der Waals surface area contributed by atoms with Crippen molar-refractivity contribution in [3.05, 3.63) is 199 Å². The van der Waals surface area contributed by atoms with Crippen molar-refractivity contribution in [2.45, 2.75) is 39.0 Å². The Hall–Kier alpha value is -6.18. The van der Waals surface area contributed by atoms with Gasteiger partial charge in [-0.2, -0.15) is 0 Å². The highest BCUT2D eigenvalue weighted by Crippen LogP contribution is 2.59. The van der Waals surface area contributed by atoms with Gasteiger partial charge in [0, 0.05) is 27.7 Å². The molecule has 0 aliphatic heterocycles. The summed E-state index contributed by atoms with van der Waals surface area (Å²) >= 11 is 0. The molecular formula is C52H43N. The molecule has 0 radical (unpaired) electrons. The van der Waals surface area contributed by atoms with Crippen molar-refractivity contribution < 1.29 is 0 Å². The predicted molar refractivity (Wildman–Crippen MR) is 226 cm³/mol. The monoisotopic (exact) mass is 681 g/mol. The van der Waals surface area contributed by atoms with Crippen molar-refractivity contribution >= 4 is 27.8 Å². The molecule has 0 fully saturated rings. The number of para-hydroxylation sites is 1. The minimum absolute atomic E-state index is 0.101. The van der Waals surface area contributed by atoms with Gasteiger partial charge in [0.25, 0.3) is 0 Å². The van der Waals surface area contributed by atoms with E-state index in [0.29, 0.717) is 0 Å². The summed E-state index contributed by atoms with van der Waals surface area (Å²) in [5, 5.41) is 2.53. The molecule has 0 aromatic heterocycles. The van der Waals surface area contributed by atoms with E-state index in [4.69, 9.17) is 0 Å². The van der Waals surface area contributed by atoms with Crippen molar-refractivity contribution in [2.75, 3.05) is 4.90 Å². The molecule has 0 N–H and O–H groups in total. The molecule has 1 nitrogen and oxygen atoms in total. The van der Waals surface area contributed by atoms with E-state index < -0.39 is 0 Å².